The minimum absolute atomic E-state index is 0.0633. The second kappa shape index (κ2) is 10.7. The van der Waals surface area contributed by atoms with Crippen LogP contribution in [-0.2, 0) is 13.0 Å². The minimum Gasteiger partial charge on any atom is -0.491 e. The van der Waals surface area contributed by atoms with Crippen LogP contribution in [0.4, 0.5) is 0 Å². The predicted molar refractivity (Wildman–Crippen MR) is 136 cm³/mol. The molecule has 1 N–H and O–H groups in total. The molecule has 0 aliphatic carbocycles. The third-order valence-corrected chi connectivity index (χ3v) is 6.08. The van der Waals surface area contributed by atoms with Crippen LogP contribution in [-0.4, -0.2) is 28.6 Å². The Kier molecular flexibility index (Phi) is 7.45. The number of carbonyl (C=O) groups excluding carboxylic acids is 1. The molecule has 1 amide bonds. The highest BCUT2D eigenvalue weighted by molar-refractivity contribution is 9.10. The molecule has 170 valence electrons. The van der Waals surface area contributed by atoms with Crippen LogP contribution >= 0.6 is 15.9 Å². The molecule has 1 aromatic heterocycles. The Morgan fingerprint density at radius 2 is 1.91 bits per heavy atom. The van der Waals surface area contributed by atoms with Gasteiger partial charge in [-0.25, -0.2) is 4.98 Å². The van der Waals surface area contributed by atoms with Crippen molar-refractivity contribution in [3.63, 3.8) is 0 Å². The third kappa shape index (κ3) is 5.82. The zero-order valence-corrected chi connectivity index (χ0v) is 20.6. The molecule has 0 radical (unpaired) electrons. The van der Waals surface area contributed by atoms with E-state index in [4.69, 9.17) is 9.72 Å². The number of imidazole rings is 1. The number of amides is 1. The number of nitrogens with one attached hydrogen (secondary N) is 1. The molecule has 0 unspecified atom stereocenters. The average Bonchev–Trinajstić information content (AvgIpc) is 3.15. The van der Waals surface area contributed by atoms with Gasteiger partial charge in [-0.2, -0.15) is 0 Å². The number of aryl methyl sites for hydroxylation is 3. The number of hydrogen-bond acceptors (Lipinski definition) is 3. The highest BCUT2D eigenvalue weighted by Crippen LogP contribution is 2.20. The smallest absolute Gasteiger partial charge is 0.251 e. The van der Waals surface area contributed by atoms with Gasteiger partial charge in [0.1, 0.15) is 18.2 Å². The first kappa shape index (κ1) is 23.1. The van der Waals surface area contributed by atoms with Crippen LogP contribution in [0, 0.1) is 13.8 Å². The normalized spacial score (nSPS) is 11.0. The van der Waals surface area contributed by atoms with Crippen molar-refractivity contribution < 1.29 is 9.53 Å². The summed E-state index contributed by atoms with van der Waals surface area (Å²) in [6.07, 6.45) is 1.58. The molecular formula is C27H28BrN3O2. The summed E-state index contributed by atoms with van der Waals surface area (Å²) in [5, 5.41) is 3.00. The molecule has 0 saturated heterocycles. The van der Waals surface area contributed by atoms with Gasteiger partial charge in [0.05, 0.1) is 17.6 Å². The largest absolute Gasteiger partial charge is 0.491 e. The van der Waals surface area contributed by atoms with Crippen LogP contribution in [0.2, 0.25) is 0 Å². The Balaban J connectivity index is 1.38. The van der Waals surface area contributed by atoms with Crippen LogP contribution in [0.3, 0.4) is 0 Å². The van der Waals surface area contributed by atoms with Gasteiger partial charge in [0.15, 0.2) is 0 Å². The summed E-state index contributed by atoms with van der Waals surface area (Å²) in [7, 11) is 0. The number of benzene rings is 3. The minimum atomic E-state index is -0.0633. The van der Waals surface area contributed by atoms with E-state index in [9.17, 15) is 4.79 Å². The molecule has 3 aromatic carbocycles. The SMILES string of the molecule is Cc1ccc(OCCn2c(CCCNC(=O)c3cccc(Br)c3)nc3ccccc32)c(C)c1. The lowest BCUT2D eigenvalue weighted by atomic mass is 10.1. The Morgan fingerprint density at radius 1 is 1.06 bits per heavy atom. The van der Waals surface area contributed by atoms with E-state index >= 15 is 0 Å². The molecular weight excluding hydrogens is 478 g/mol. The fourth-order valence-electron chi connectivity index (χ4n) is 3.95. The van der Waals surface area contributed by atoms with E-state index in [2.05, 4.69) is 57.9 Å². The second-order valence-electron chi connectivity index (χ2n) is 8.16. The number of ether oxygens (including phenoxy) is 1. The Morgan fingerprint density at radius 3 is 2.73 bits per heavy atom. The predicted octanol–water partition coefficient (Wildman–Crippen LogP) is 5.86. The highest BCUT2D eigenvalue weighted by atomic mass is 79.9. The van der Waals surface area contributed by atoms with Crippen molar-refractivity contribution in [2.45, 2.75) is 33.2 Å². The van der Waals surface area contributed by atoms with Crippen LogP contribution < -0.4 is 10.1 Å². The molecule has 0 spiro atoms. The summed E-state index contributed by atoms with van der Waals surface area (Å²) in [5.41, 5.74) is 5.12. The van der Waals surface area contributed by atoms with Crippen molar-refractivity contribution in [1.29, 1.82) is 0 Å². The molecule has 1 heterocycles. The van der Waals surface area contributed by atoms with Gasteiger partial charge in [0.2, 0.25) is 0 Å². The number of aromatic nitrogens is 2. The van der Waals surface area contributed by atoms with Gasteiger partial charge in [-0.3, -0.25) is 4.79 Å². The molecule has 0 bridgehead atoms. The molecule has 6 heteroatoms. The summed E-state index contributed by atoms with van der Waals surface area (Å²) in [5.74, 6) is 1.87. The van der Waals surface area contributed by atoms with Crippen LogP contribution in [0.5, 0.6) is 5.75 Å². The maximum atomic E-state index is 12.4. The Hall–Kier alpha value is -3.12. The maximum absolute atomic E-state index is 12.4. The zero-order chi connectivity index (χ0) is 23.2. The summed E-state index contributed by atoms with van der Waals surface area (Å²) in [4.78, 5) is 17.2. The zero-order valence-electron chi connectivity index (χ0n) is 19.0. The van der Waals surface area contributed by atoms with Crippen molar-refractivity contribution in [2.24, 2.45) is 0 Å². The molecule has 0 fully saturated rings. The number of rotatable bonds is 9. The molecule has 0 saturated carbocycles. The third-order valence-electron chi connectivity index (χ3n) is 5.59. The van der Waals surface area contributed by atoms with E-state index in [0.717, 1.165) is 45.5 Å². The fraction of sp³-hybridized carbons (Fsp3) is 0.259. The number of halogens is 1. The second-order valence-corrected chi connectivity index (χ2v) is 9.07. The van der Waals surface area contributed by atoms with Crippen molar-refractivity contribution >= 4 is 32.9 Å². The average molecular weight is 506 g/mol. The van der Waals surface area contributed by atoms with E-state index in [-0.39, 0.29) is 5.91 Å². The fourth-order valence-corrected chi connectivity index (χ4v) is 4.35. The number of para-hydroxylation sites is 2. The van der Waals surface area contributed by atoms with Gasteiger partial charge in [-0.15, -0.1) is 0 Å². The monoisotopic (exact) mass is 505 g/mol. The quantitative estimate of drug-likeness (QED) is 0.290. The summed E-state index contributed by atoms with van der Waals surface area (Å²) < 4.78 is 9.20. The van der Waals surface area contributed by atoms with E-state index in [0.29, 0.717) is 25.3 Å². The van der Waals surface area contributed by atoms with Crippen LogP contribution in [0.25, 0.3) is 11.0 Å². The van der Waals surface area contributed by atoms with E-state index in [1.807, 2.05) is 48.5 Å². The van der Waals surface area contributed by atoms with Gasteiger partial charge >= 0.3 is 0 Å². The topological polar surface area (TPSA) is 56.1 Å². The van der Waals surface area contributed by atoms with E-state index in [1.54, 1.807) is 0 Å². The van der Waals surface area contributed by atoms with Gasteiger partial charge in [-0.05, 0) is 62.2 Å². The molecule has 4 aromatic rings. The standard InChI is InChI=1S/C27H28BrN3O2/c1-19-12-13-25(20(2)17-19)33-16-15-31-24-10-4-3-9-23(24)30-26(31)11-6-14-29-27(32)21-7-5-8-22(28)18-21/h3-5,7-10,12-13,17-18H,6,11,14-16H2,1-2H3,(H,29,32). The Bertz CT molecular complexity index is 1270. The van der Waals surface area contributed by atoms with Crippen molar-refractivity contribution in [3.8, 4) is 5.75 Å². The number of nitrogens with zero attached hydrogens (tertiary/aromatic N) is 2. The van der Waals surface area contributed by atoms with Crippen LogP contribution in [0.1, 0.15) is 33.7 Å². The molecule has 0 aliphatic rings. The first-order chi connectivity index (χ1) is 16.0. The molecule has 0 aliphatic heterocycles. The summed E-state index contributed by atoms with van der Waals surface area (Å²) >= 11 is 3.41. The lowest BCUT2D eigenvalue weighted by molar-refractivity contribution is 0.0953. The molecule has 33 heavy (non-hydrogen) atoms. The van der Waals surface area contributed by atoms with Gasteiger partial charge in [0, 0.05) is 23.0 Å². The lowest BCUT2D eigenvalue weighted by Gasteiger charge is -2.13. The van der Waals surface area contributed by atoms with Crippen molar-refractivity contribution in [3.05, 3.63) is 93.7 Å². The molecule has 0 atom stereocenters. The van der Waals surface area contributed by atoms with Crippen LogP contribution in [0.15, 0.2) is 71.2 Å². The maximum Gasteiger partial charge on any atom is 0.251 e. The van der Waals surface area contributed by atoms with E-state index in [1.165, 1.54) is 5.56 Å². The first-order valence-corrected chi connectivity index (χ1v) is 12.0. The highest BCUT2D eigenvalue weighted by Gasteiger charge is 2.11. The van der Waals surface area contributed by atoms with Crippen molar-refractivity contribution in [1.82, 2.24) is 14.9 Å². The number of fused-ring (bicyclic) bond motifs is 1. The summed E-state index contributed by atoms with van der Waals surface area (Å²) in [6.45, 7) is 6.03. The Labute approximate surface area is 202 Å². The summed E-state index contributed by atoms with van der Waals surface area (Å²) in [6, 6.07) is 21.8. The number of carbonyl (C=O) groups is 1. The number of hydrogen-bond donors (Lipinski definition) is 1. The molecule has 5 nitrogen and oxygen atoms in total. The van der Waals surface area contributed by atoms with Gasteiger partial charge < -0.3 is 14.6 Å². The lowest BCUT2D eigenvalue weighted by Crippen LogP contribution is -2.25. The van der Waals surface area contributed by atoms with E-state index < -0.39 is 0 Å². The van der Waals surface area contributed by atoms with Gasteiger partial charge in [0.25, 0.3) is 5.91 Å². The molecule has 4 rings (SSSR count). The van der Waals surface area contributed by atoms with Crippen molar-refractivity contribution in [2.75, 3.05) is 13.2 Å². The van der Waals surface area contributed by atoms with Gasteiger partial charge in [-0.1, -0.05) is 51.8 Å². The first-order valence-electron chi connectivity index (χ1n) is 11.2.